The van der Waals surface area contributed by atoms with Gasteiger partial charge in [-0.05, 0) is 37.1 Å². The number of amides is 1. The zero-order chi connectivity index (χ0) is 15.9. The molecular weight excluding hydrogens is 292 g/mol. The lowest BCUT2D eigenvalue weighted by Gasteiger charge is -2.32. The lowest BCUT2D eigenvalue weighted by atomic mass is 10.1. The molecule has 0 spiro atoms. The number of carbonyl (C=O) groups is 1. The van der Waals surface area contributed by atoms with Gasteiger partial charge in [-0.25, -0.2) is 0 Å². The SMILES string of the molecule is O=C(CCc1ccco1)N1CCC[C@H](OCc2ccccn2)C1. The summed E-state index contributed by atoms with van der Waals surface area (Å²) in [6.45, 7) is 1.99. The Morgan fingerprint density at radius 2 is 2.30 bits per heavy atom. The minimum atomic E-state index is 0.0957. The largest absolute Gasteiger partial charge is 0.469 e. The topological polar surface area (TPSA) is 55.6 Å². The van der Waals surface area contributed by atoms with Gasteiger partial charge in [-0.3, -0.25) is 9.78 Å². The maximum atomic E-state index is 12.3. The average Bonchev–Trinajstić information content (AvgIpc) is 3.12. The number of furan rings is 1. The third-order valence-corrected chi connectivity index (χ3v) is 4.09. The van der Waals surface area contributed by atoms with Crippen molar-refractivity contribution in [3.63, 3.8) is 0 Å². The number of rotatable bonds is 6. The molecule has 23 heavy (non-hydrogen) atoms. The highest BCUT2D eigenvalue weighted by Gasteiger charge is 2.24. The van der Waals surface area contributed by atoms with Crippen molar-refractivity contribution in [2.24, 2.45) is 0 Å². The van der Waals surface area contributed by atoms with Crippen molar-refractivity contribution in [2.75, 3.05) is 13.1 Å². The van der Waals surface area contributed by atoms with Gasteiger partial charge in [0, 0.05) is 32.1 Å². The van der Waals surface area contributed by atoms with E-state index in [4.69, 9.17) is 9.15 Å². The Morgan fingerprint density at radius 3 is 3.09 bits per heavy atom. The summed E-state index contributed by atoms with van der Waals surface area (Å²) in [5, 5.41) is 0. The van der Waals surface area contributed by atoms with E-state index in [0.29, 0.717) is 26.0 Å². The first-order valence-electron chi connectivity index (χ1n) is 8.13. The third-order valence-electron chi connectivity index (χ3n) is 4.09. The van der Waals surface area contributed by atoms with Crippen LogP contribution in [0.4, 0.5) is 0 Å². The zero-order valence-corrected chi connectivity index (χ0v) is 13.2. The van der Waals surface area contributed by atoms with E-state index in [1.165, 1.54) is 0 Å². The van der Waals surface area contributed by atoms with Crippen LogP contribution < -0.4 is 0 Å². The van der Waals surface area contributed by atoms with Gasteiger partial charge in [0.1, 0.15) is 5.76 Å². The number of hydrogen-bond acceptors (Lipinski definition) is 4. The molecule has 0 bridgehead atoms. The smallest absolute Gasteiger partial charge is 0.223 e. The van der Waals surface area contributed by atoms with Crippen LogP contribution >= 0.6 is 0 Å². The van der Waals surface area contributed by atoms with Crippen molar-refractivity contribution >= 4 is 5.91 Å². The Kier molecular flexibility index (Phi) is 5.42. The molecule has 5 heteroatoms. The summed E-state index contributed by atoms with van der Waals surface area (Å²) in [5.41, 5.74) is 0.925. The molecule has 0 aromatic carbocycles. The van der Waals surface area contributed by atoms with Gasteiger partial charge in [0.2, 0.25) is 5.91 Å². The van der Waals surface area contributed by atoms with Gasteiger partial charge in [0.05, 0.1) is 24.7 Å². The first kappa shape index (κ1) is 15.7. The van der Waals surface area contributed by atoms with Crippen LogP contribution in [0.3, 0.4) is 0 Å². The number of likely N-dealkylation sites (tertiary alicyclic amines) is 1. The highest BCUT2D eigenvalue weighted by Crippen LogP contribution is 2.16. The Balaban J connectivity index is 1.44. The van der Waals surface area contributed by atoms with Gasteiger partial charge in [0.15, 0.2) is 0 Å². The molecule has 0 N–H and O–H groups in total. The van der Waals surface area contributed by atoms with E-state index in [1.54, 1.807) is 12.5 Å². The number of aromatic nitrogens is 1. The Labute approximate surface area is 136 Å². The fourth-order valence-corrected chi connectivity index (χ4v) is 2.83. The second kappa shape index (κ2) is 7.92. The molecule has 1 fully saturated rings. The van der Waals surface area contributed by atoms with E-state index in [1.807, 2.05) is 35.2 Å². The highest BCUT2D eigenvalue weighted by molar-refractivity contribution is 5.76. The minimum Gasteiger partial charge on any atom is -0.469 e. The number of piperidine rings is 1. The van der Waals surface area contributed by atoms with Crippen molar-refractivity contribution < 1.29 is 13.9 Å². The zero-order valence-electron chi connectivity index (χ0n) is 13.2. The first-order chi connectivity index (χ1) is 11.3. The van der Waals surface area contributed by atoms with Gasteiger partial charge in [0.25, 0.3) is 0 Å². The molecule has 1 aliphatic rings. The fraction of sp³-hybridized carbons (Fsp3) is 0.444. The molecule has 1 aliphatic heterocycles. The van der Waals surface area contributed by atoms with Gasteiger partial charge in [-0.2, -0.15) is 0 Å². The predicted octanol–water partition coefficient (Wildman–Crippen LogP) is 2.82. The number of nitrogens with zero attached hydrogens (tertiary/aromatic N) is 2. The number of aryl methyl sites for hydroxylation is 1. The van der Waals surface area contributed by atoms with Crippen molar-refractivity contribution in [1.82, 2.24) is 9.88 Å². The summed E-state index contributed by atoms with van der Waals surface area (Å²) in [4.78, 5) is 18.5. The molecule has 2 aromatic rings. The molecular formula is C18H22N2O3. The number of pyridine rings is 1. The first-order valence-corrected chi connectivity index (χ1v) is 8.13. The minimum absolute atomic E-state index is 0.0957. The summed E-state index contributed by atoms with van der Waals surface area (Å²) in [7, 11) is 0. The molecule has 1 saturated heterocycles. The molecule has 1 atom stereocenters. The van der Waals surface area contributed by atoms with Crippen LogP contribution in [0.2, 0.25) is 0 Å². The van der Waals surface area contributed by atoms with E-state index < -0.39 is 0 Å². The Bertz CT molecular complexity index is 598. The molecule has 1 amide bonds. The third kappa shape index (κ3) is 4.66. The van der Waals surface area contributed by atoms with Gasteiger partial charge < -0.3 is 14.1 Å². The summed E-state index contributed by atoms with van der Waals surface area (Å²) in [6, 6.07) is 9.56. The summed E-state index contributed by atoms with van der Waals surface area (Å²) >= 11 is 0. The number of ether oxygens (including phenoxy) is 1. The second-order valence-electron chi connectivity index (χ2n) is 5.82. The van der Waals surface area contributed by atoms with E-state index in [-0.39, 0.29) is 12.0 Å². The quantitative estimate of drug-likeness (QED) is 0.823. The summed E-state index contributed by atoms with van der Waals surface area (Å²) in [5.74, 6) is 1.03. The van der Waals surface area contributed by atoms with Crippen LogP contribution in [0, 0.1) is 0 Å². The normalized spacial score (nSPS) is 18.1. The van der Waals surface area contributed by atoms with Crippen LogP contribution in [0.1, 0.15) is 30.7 Å². The van der Waals surface area contributed by atoms with E-state index in [2.05, 4.69) is 4.98 Å². The van der Waals surface area contributed by atoms with Gasteiger partial charge >= 0.3 is 0 Å². The maximum absolute atomic E-state index is 12.3. The molecule has 3 heterocycles. The lowest BCUT2D eigenvalue weighted by Crippen LogP contribution is -2.43. The summed E-state index contributed by atoms with van der Waals surface area (Å²) < 4.78 is 11.2. The molecule has 0 unspecified atom stereocenters. The van der Waals surface area contributed by atoms with Crippen LogP contribution in [-0.4, -0.2) is 35.0 Å². The Hall–Kier alpha value is -2.14. The van der Waals surface area contributed by atoms with Crippen molar-refractivity contribution in [2.45, 2.75) is 38.4 Å². The van der Waals surface area contributed by atoms with Crippen LogP contribution in [0.25, 0.3) is 0 Å². The lowest BCUT2D eigenvalue weighted by molar-refractivity contribution is -0.135. The molecule has 2 aromatic heterocycles. The average molecular weight is 314 g/mol. The maximum Gasteiger partial charge on any atom is 0.223 e. The van der Waals surface area contributed by atoms with Crippen LogP contribution in [0.15, 0.2) is 47.2 Å². The molecule has 0 radical (unpaired) electrons. The van der Waals surface area contributed by atoms with Crippen molar-refractivity contribution in [3.8, 4) is 0 Å². The van der Waals surface area contributed by atoms with Crippen molar-refractivity contribution in [3.05, 3.63) is 54.2 Å². The molecule has 5 nitrogen and oxygen atoms in total. The van der Waals surface area contributed by atoms with Crippen LogP contribution in [0.5, 0.6) is 0 Å². The molecule has 0 saturated carbocycles. The molecule has 122 valence electrons. The van der Waals surface area contributed by atoms with E-state index in [9.17, 15) is 4.79 Å². The second-order valence-corrected chi connectivity index (χ2v) is 5.82. The predicted molar refractivity (Wildman–Crippen MR) is 85.7 cm³/mol. The molecule has 3 rings (SSSR count). The molecule has 0 aliphatic carbocycles. The van der Waals surface area contributed by atoms with E-state index in [0.717, 1.165) is 30.8 Å². The van der Waals surface area contributed by atoms with Crippen LogP contribution in [-0.2, 0) is 22.6 Å². The highest BCUT2D eigenvalue weighted by atomic mass is 16.5. The number of carbonyl (C=O) groups excluding carboxylic acids is 1. The van der Waals surface area contributed by atoms with E-state index >= 15 is 0 Å². The monoisotopic (exact) mass is 314 g/mol. The Morgan fingerprint density at radius 1 is 1.35 bits per heavy atom. The number of hydrogen-bond donors (Lipinski definition) is 0. The standard InChI is InChI=1S/C18H22N2O3/c21-18(9-8-16-7-4-12-22-16)20-11-3-6-17(13-20)23-14-15-5-1-2-10-19-15/h1-2,4-5,7,10,12,17H,3,6,8-9,11,13-14H2/t17-/m0/s1. The van der Waals surface area contributed by atoms with Gasteiger partial charge in [-0.15, -0.1) is 0 Å². The fourth-order valence-electron chi connectivity index (χ4n) is 2.83. The van der Waals surface area contributed by atoms with Crippen molar-refractivity contribution in [1.29, 1.82) is 0 Å². The summed E-state index contributed by atoms with van der Waals surface area (Å²) in [6.07, 6.45) is 6.63. The van der Waals surface area contributed by atoms with Gasteiger partial charge in [-0.1, -0.05) is 6.07 Å².